The predicted octanol–water partition coefficient (Wildman–Crippen LogP) is 2.92. The van der Waals surface area contributed by atoms with Gasteiger partial charge in [0.15, 0.2) is 0 Å². The topological polar surface area (TPSA) is 69.7 Å². The summed E-state index contributed by atoms with van der Waals surface area (Å²) in [7, 11) is -0.537. The summed E-state index contributed by atoms with van der Waals surface area (Å²) in [6.07, 6.45) is 0.517. The van der Waals surface area contributed by atoms with Crippen molar-refractivity contribution in [2.24, 2.45) is 5.92 Å². The van der Waals surface area contributed by atoms with Crippen LogP contribution in [-0.4, -0.2) is 57.3 Å². The lowest BCUT2D eigenvalue weighted by atomic mass is 9.97. The van der Waals surface area contributed by atoms with Crippen molar-refractivity contribution in [2.75, 3.05) is 33.7 Å². The fraction of sp³-hybridized carbons (Fsp3) is 0.409. The molecule has 0 unspecified atom stereocenters. The second-order valence-electron chi connectivity index (χ2n) is 8.03. The molecule has 1 heterocycles. The first-order valence-electron chi connectivity index (χ1n) is 10.2. The van der Waals surface area contributed by atoms with E-state index in [-0.39, 0.29) is 50.2 Å². The third-order valence-electron chi connectivity index (χ3n) is 5.66. The smallest absolute Gasteiger partial charge is 0.246 e. The van der Waals surface area contributed by atoms with Crippen molar-refractivity contribution in [2.45, 2.75) is 23.8 Å². The summed E-state index contributed by atoms with van der Waals surface area (Å²) < 4.78 is 67.4. The van der Waals surface area contributed by atoms with Crippen molar-refractivity contribution >= 4 is 15.9 Å². The molecule has 1 aliphatic rings. The minimum atomic E-state index is -4.20. The van der Waals surface area contributed by atoms with Gasteiger partial charge in [-0.1, -0.05) is 12.1 Å². The number of carbonyl (C=O) groups excluding carboxylic acids is 1. The number of nitrogens with zero attached hydrogens (tertiary/aromatic N) is 2. The number of likely N-dealkylation sites (N-methyl/N-ethyl adjacent to an activating group) is 1. The summed E-state index contributed by atoms with van der Waals surface area (Å²) in [5.74, 6) is -2.84. The number of amides is 1. The van der Waals surface area contributed by atoms with Gasteiger partial charge in [0.2, 0.25) is 15.9 Å². The summed E-state index contributed by atoms with van der Waals surface area (Å²) in [4.78, 5) is 13.8. The van der Waals surface area contributed by atoms with Crippen LogP contribution in [0.25, 0.3) is 0 Å². The van der Waals surface area contributed by atoms with Crippen LogP contribution in [0.5, 0.6) is 0 Å². The molecule has 1 saturated heterocycles. The molecule has 0 aromatic heterocycles. The number of benzene rings is 2. The molecule has 1 aliphatic heterocycles. The molecule has 2 aromatic rings. The van der Waals surface area contributed by atoms with E-state index in [1.54, 1.807) is 12.1 Å². The van der Waals surface area contributed by atoms with E-state index in [1.807, 2.05) is 19.0 Å². The number of hydrogen-bond acceptors (Lipinski definition) is 4. The average molecular weight is 470 g/mol. The maximum atomic E-state index is 14.0. The lowest BCUT2D eigenvalue weighted by Gasteiger charge is -2.31. The number of hydrogen-bond donors (Lipinski definition) is 1. The SMILES string of the molecule is CN(C)[C@H](CNC(=O)C1CCN(S(=O)(=O)c2cc(F)ccc2F)CC1)c1cccc(F)c1. The zero-order valence-corrected chi connectivity index (χ0v) is 18.7. The number of carbonyl (C=O) groups is 1. The second kappa shape index (κ2) is 10.0. The summed E-state index contributed by atoms with van der Waals surface area (Å²) in [6.45, 7) is 0.317. The molecule has 32 heavy (non-hydrogen) atoms. The highest BCUT2D eigenvalue weighted by atomic mass is 32.2. The first-order chi connectivity index (χ1) is 15.1. The van der Waals surface area contributed by atoms with E-state index < -0.39 is 32.5 Å². The molecule has 2 aromatic carbocycles. The molecule has 3 rings (SSSR count). The van der Waals surface area contributed by atoms with Gasteiger partial charge in [-0.2, -0.15) is 4.31 Å². The largest absolute Gasteiger partial charge is 0.354 e. The highest BCUT2D eigenvalue weighted by Crippen LogP contribution is 2.26. The zero-order chi connectivity index (χ0) is 23.5. The maximum Gasteiger partial charge on any atom is 0.246 e. The van der Waals surface area contributed by atoms with E-state index in [2.05, 4.69) is 5.32 Å². The van der Waals surface area contributed by atoms with E-state index in [4.69, 9.17) is 0 Å². The van der Waals surface area contributed by atoms with Crippen molar-refractivity contribution in [3.05, 3.63) is 65.5 Å². The van der Waals surface area contributed by atoms with Crippen LogP contribution < -0.4 is 5.32 Å². The molecule has 0 bridgehead atoms. The molecule has 174 valence electrons. The van der Waals surface area contributed by atoms with Gasteiger partial charge in [-0.25, -0.2) is 21.6 Å². The monoisotopic (exact) mass is 469 g/mol. The van der Waals surface area contributed by atoms with Crippen molar-refractivity contribution in [3.63, 3.8) is 0 Å². The van der Waals surface area contributed by atoms with Gasteiger partial charge in [-0.3, -0.25) is 4.79 Å². The molecule has 6 nitrogen and oxygen atoms in total. The number of halogens is 3. The number of piperidine rings is 1. The van der Waals surface area contributed by atoms with Crippen molar-refractivity contribution in [1.82, 2.24) is 14.5 Å². The van der Waals surface area contributed by atoms with Gasteiger partial charge in [0.05, 0.1) is 6.04 Å². The molecule has 0 spiro atoms. The minimum absolute atomic E-state index is 0.0252. The molecule has 1 amide bonds. The van der Waals surface area contributed by atoms with E-state index >= 15 is 0 Å². The van der Waals surface area contributed by atoms with Gasteiger partial charge in [0, 0.05) is 25.6 Å². The lowest BCUT2D eigenvalue weighted by molar-refractivity contribution is -0.126. The summed E-state index contributed by atoms with van der Waals surface area (Å²) in [5, 5.41) is 2.87. The molecule has 0 aliphatic carbocycles. The third kappa shape index (κ3) is 5.48. The molecular weight excluding hydrogens is 443 g/mol. The molecule has 1 atom stereocenters. The summed E-state index contributed by atoms with van der Waals surface area (Å²) >= 11 is 0. The quantitative estimate of drug-likeness (QED) is 0.677. The highest BCUT2D eigenvalue weighted by Gasteiger charge is 2.34. The standard InChI is InChI=1S/C22H26F3N3O3S/c1-27(2)20(16-4-3-5-17(23)12-16)14-26-22(29)15-8-10-28(11-9-15)32(30,31)21-13-18(24)6-7-19(21)25/h3-7,12-13,15,20H,8-11,14H2,1-2H3,(H,26,29)/t20-/m1/s1. The fourth-order valence-electron chi connectivity index (χ4n) is 3.83. The van der Waals surface area contributed by atoms with E-state index in [0.29, 0.717) is 6.07 Å². The Morgan fingerprint density at radius 3 is 2.38 bits per heavy atom. The first-order valence-corrected chi connectivity index (χ1v) is 11.7. The highest BCUT2D eigenvalue weighted by molar-refractivity contribution is 7.89. The molecule has 0 saturated carbocycles. The number of rotatable bonds is 7. The Hall–Kier alpha value is -2.43. The third-order valence-corrected chi connectivity index (χ3v) is 7.58. The Morgan fingerprint density at radius 2 is 1.75 bits per heavy atom. The van der Waals surface area contributed by atoms with Crippen LogP contribution in [0.2, 0.25) is 0 Å². The zero-order valence-electron chi connectivity index (χ0n) is 17.9. The summed E-state index contributed by atoms with van der Waals surface area (Å²) in [5.41, 5.74) is 0.730. The summed E-state index contributed by atoms with van der Waals surface area (Å²) in [6, 6.07) is 8.24. The van der Waals surface area contributed by atoms with Crippen LogP contribution >= 0.6 is 0 Å². The average Bonchev–Trinajstić information content (AvgIpc) is 2.75. The van der Waals surface area contributed by atoms with Gasteiger partial charge in [-0.15, -0.1) is 0 Å². The molecular formula is C22H26F3N3O3S. The minimum Gasteiger partial charge on any atom is -0.354 e. The van der Waals surface area contributed by atoms with Crippen LogP contribution in [0.3, 0.4) is 0 Å². The van der Waals surface area contributed by atoms with E-state index in [9.17, 15) is 26.4 Å². The normalized spacial score (nSPS) is 16.8. The van der Waals surface area contributed by atoms with Crippen LogP contribution in [0, 0.1) is 23.4 Å². The van der Waals surface area contributed by atoms with Gasteiger partial charge in [-0.05, 0) is 62.8 Å². The van der Waals surface area contributed by atoms with Crippen LogP contribution in [-0.2, 0) is 14.8 Å². The van der Waals surface area contributed by atoms with Gasteiger partial charge >= 0.3 is 0 Å². The Labute approximate surface area is 186 Å². The molecule has 1 fully saturated rings. The van der Waals surface area contributed by atoms with Crippen molar-refractivity contribution < 1.29 is 26.4 Å². The predicted molar refractivity (Wildman–Crippen MR) is 114 cm³/mol. The Balaban J connectivity index is 1.60. The second-order valence-corrected chi connectivity index (χ2v) is 9.94. The van der Waals surface area contributed by atoms with Gasteiger partial charge in [0.25, 0.3) is 0 Å². The molecule has 1 N–H and O–H groups in total. The van der Waals surface area contributed by atoms with Crippen molar-refractivity contribution in [3.8, 4) is 0 Å². The van der Waals surface area contributed by atoms with Gasteiger partial charge < -0.3 is 10.2 Å². The van der Waals surface area contributed by atoms with E-state index in [0.717, 1.165) is 22.0 Å². The first kappa shape index (κ1) is 24.2. The number of nitrogens with one attached hydrogen (secondary N) is 1. The molecule has 0 radical (unpaired) electrons. The maximum absolute atomic E-state index is 14.0. The van der Waals surface area contributed by atoms with Gasteiger partial charge in [0.1, 0.15) is 22.3 Å². The van der Waals surface area contributed by atoms with E-state index in [1.165, 1.54) is 12.1 Å². The Morgan fingerprint density at radius 1 is 1.09 bits per heavy atom. The Kier molecular flexibility index (Phi) is 7.58. The lowest BCUT2D eigenvalue weighted by Crippen LogP contribution is -2.44. The van der Waals surface area contributed by atoms with Crippen LogP contribution in [0.1, 0.15) is 24.4 Å². The number of sulfonamides is 1. The van der Waals surface area contributed by atoms with Crippen LogP contribution in [0.15, 0.2) is 47.4 Å². The fourth-order valence-corrected chi connectivity index (χ4v) is 5.37. The van der Waals surface area contributed by atoms with Crippen molar-refractivity contribution in [1.29, 1.82) is 0 Å². The Bertz CT molecular complexity index is 1070. The van der Waals surface area contributed by atoms with Crippen LogP contribution in [0.4, 0.5) is 13.2 Å². The molecule has 10 heteroatoms.